The molecule has 2 aromatic rings. The van der Waals surface area contributed by atoms with Gasteiger partial charge in [-0.05, 0) is 36.8 Å². The lowest BCUT2D eigenvalue weighted by Gasteiger charge is -2.23. The molecule has 0 saturated heterocycles. The van der Waals surface area contributed by atoms with Crippen molar-refractivity contribution in [1.29, 1.82) is 0 Å². The van der Waals surface area contributed by atoms with Crippen LogP contribution in [0.3, 0.4) is 0 Å². The van der Waals surface area contributed by atoms with E-state index in [1.807, 2.05) is 25.1 Å². The molecule has 0 aromatic heterocycles. The fourth-order valence-corrected chi connectivity index (χ4v) is 2.91. The molecule has 0 spiro atoms. The van der Waals surface area contributed by atoms with Crippen molar-refractivity contribution in [3.63, 3.8) is 0 Å². The molecule has 2 heterocycles. The monoisotopic (exact) mass is 356 g/mol. The van der Waals surface area contributed by atoms with Gasteiger partial charge in [0, 0.05) is 24.8 Å². The number of carbonyl (C=O) groups is 1. The summed E-state index contributed by atoms with van der Waals surface area (Å²) >= 11 is 0. The predicted molar refractivity (Wildman–Crippen MR) is 95.1 cm³/mol. The smallest absolute Gasteiger partial charge is 0.322 e. The molecule has 7 nitrogen and oxygen atoms in total. The number of rotatable bonds is 4. The Morgan fingerprint density at radius 3 is 2.50 bits per heavy atom. The average Bonchev–Trinajstić information content (AvgIpc) is 3.13. The lowest BCUT2D eigenvalue weighted by atomic mass is 10.2. The van der Waals surface area contributed by atoms with Crippen LogP contribution in [0.25, 0.3) is 0 Å². The Balaban J connectivity index is 1.44. The Labute approximate surface area is 151 Å². The van der Waals surface area contributed by atoms with Crippen molar-refractivity contribution in [2.45, 2.75) is 13.5 Å². The molecule has 136 valence electrons. The average molecular weight is 356 g/mol. The van der Waals surface area contributed by atoms with Gasteiger partial charge in [-0.15, -0.1) is 0 Å². The van der Waals surface area contributed by atoms with Crippen LogP contribution in [0, 0.1) is 0 Å². The topological polar surface area (TPSA) is 69.3 Å². The molecule has 26 heavy (non-hydrogen) atoms. The number of carbonyl (C=O) groups excluding carboxylic acids is 1. The van der Waals surface area contributed by atoms with Crippen LogP contribution in [0.5, 0.6) is 23.0 Å². The highest BCUT2D eigenvalue weighted by atomic mass is 16.7. The summed E-state index contributed by atoms with van der Waals surface area (Å²) in [5.41, 5.74) is 1.65. The van der Waals surface area contributed by atoms with Crippen LogP contribution in [0.4, 0.5) is 10.5 Å². The highest BCUT2D eigenvalue weighted by Gasteiger charge is 2.18. The fourth-order valence-electron chi connectivity index (χ4n) is 2.91. The first kappa shape index (κ1) is 16.4. The molecule has 4 rings (SSSR count). The minimum atomic E-state index is -0.179. The quantitative estimate of drug-likeness (QED) is 0.911. The Bertz CT molecular complexity index is 824. The van der Waals surface area contributed by atoms with Gasteiger partial charge in [0.2, 0.25) is 6.79 Å². The number of hydrogen-bond acceptors (Lipinski definition) is 5. The molecule has 0 aliphatic carbocycles. The number of nitrogens with one attached hydrogen (secondary N) is 1. The third-order valence-electron chi connectivity index (χ3n) is 4.27. The number of urea groups is 1. The van der Waals surface area contributed by atoms with E-state index < -0.39 is 0 Å². The van der Waals surface area contributed by atoms with Gasteiger partial charge >= 0.3 is 6.03 Å². The van der Waals surface area contributed by atoms with Crippen molar-refractivity contribution in [2.24, 2.45) is 0 Å². The van der Waals surface area contributed by atoms with E-state index in [0.717, 1.165) is 11.3 Å². The minimum Gasteiger partial charge on any atom is -0.486 e. The van der Waals surface area contributed by atoms with E-state index in [0.29, 0.717) is 49.2 Å². The van der Waals surface area contributed by atoms with Crippen LogP contribution in [-0.2, 0) is 6.54 Å². The normalized spacial score (nSPS) is 14.0. The van der Waals surface area contributed by atoms with Gasteiger partial charge in [0.25, 0.3) is 0 Å². The van der Waals surface area contributed by atoms with Crippen molar-refractivity contribution in [3.05, 3.63) is 42.0 Å². The van der Waals surface area contributed by atoms with Gasteiger partial charge < -0.3 is 29.2 Å². The van der Waals surface area contributed by atoms with Crippen LogP contribution in [0.2, 0.25) is 0 Å². The Hall–Kier alpha value is -3.09. The standard InChI is InChI=1S/C19H20N2O5/c1-2-21(11-13-3-5-16-17(9-13)26-12-25-16)19(22)20-14-4-6-15-18(10-14)24-8-7-23-15/h3-6,9-10H,2,7-8,11-12H2,1H3,(H,20,22). The zero-order valence-electron chi connectivity index (χ0n) is 14.5. The second kappa shape index (κ2) is 7.03. The third kappa shape index (κ3) is 3.33. The van der Waals surface area contributed by atoms with Crippen LogP contribution < -0.4 is 24.3 Å². The summed E-state index contributed by atoms with van der Waals surface area (Å²) in [5, 5.41) is 2.91. The van der Waals surface area contributed by atoms with Crippen molar-refractivity contribution >= 4 is 11.7 Å². The number of hydrogen-bond donors (Lipinski definition) is 1. The molecule has 2 aromatic carbocycles. The number of benzene rings is 2. The Morgan fingerprint density at radius 1 is 0.962 bits per heavy atom. The minimum absolute atomic E-state index is 0.179. The maximum Gasteiger partial charge on any atom is 0.322 e. The van der Waals surface area contributed by atoms with Crippen molar-refractivity contribution in [3.8, 4) is 23.0 Å². The molecule has 1 N–H and O–H groups in total. The van der Waals surface area contributed by atoms with Gasteiger partial charge in [-0.25, -0.2) is 4.79 Å². The molecular weight excluding hydrogens is 336 g/mol. The third-order valence-corrected chi connectivity index (χ3v) is 4.27. The summed E-state index contributed by atoms with van der Waals surface area (Å²) in [5.74, 6) is 2.79. The fraction of sp³-hybridized carbons (Fsp3) is 0.316. The Morgan fingerprint density at radius 2 is 1.65 bits per heavy atom. The van der Waals surface area contributed by atoms with Gasteiger partial charge in [-0.3, -0.25) is 0 Å². The van der Waals surface area contributed by atoms with Gasteiger partial charge in [-0.2, -0.15) is 0 Å². The van der Waals surface area contributed by atoms with Crippen molar-refractivity contribution < 1.29 is 23.7 Å². The highest BCUT2D eigenvalue weighted by molar-refractivity contribution is 5.89. The lowest BCUT2D eigenvalue weighted by Crippen LogP contribution is -2.34. The molecular formula is C19H20N2O5. The van der Waals surface area contributed by atoms with E-state index in [4.69, 9.17) is 18.9 Å². The van der Waals surface area contributed by atoms with Crippen molar-refractivity contribution in [2.75, 3.05) is 31.9 Å². The first-order valence-corrected chi connectivity index (χ1v) is 8.57. The molecule has 2 aliphatic heterocycles. The number of amides is 2. The number of nitrogens with zero attached hydrogens (tertiary/aromatic N) is 1. The SMILES string of the molecule is CCN(Cc1ccc2c(c1)OCO2)C(=O)Nc1ccc2c(c1)OCCO2. The van der Waals surface area contributed by atoms with Crippen LogP contribution in [0.1, 0.15) is 12.5 Å². The molecule has 7 heteroatoms. The molecule has 0 fully saturated rings. The molecule has 0 radical (unpaired) electrons. The van der Waals surface area contributed by atoms with E-state index in [9.17, 15) is 4.79 Å². The summed E-state index contributed by atoms with van der Waals surface area (Å²) in [6.07, 6.45) is 0. The maximum absolute atomic E-state index is 12.6. The largest absolute Gasteiger partial charge is 0.486 e. The van der Waals surface area contributed by atoms with Crippen molar-refractivity contribution in [1.82, 2.24) is 4.90 Å². The number of ether oxygens (including phenoxy) is 4. The zero-order valence-corrected chi connectivity index (χ0v) is 14.5. The van der Waals surface area contributed by atoms with E-state index >= 15 is 0 Å². The predicted octanol–water partition coefficient (Wildman–Crippen LogP) is 3.24. The summed E-state index contributed by atoms with van der Waals surface area (Å²) in [4.78, 5) is 14.4. The van der Waals surface area contributed by atoms with Gasteiger partial charge in [0.1, 0.15) is 13.2 Å². The van der Waals surface area contributed by atoms with E-state index in [-0.39, 0.29) is 12.8 Å². The van der Waals surface area contributed by atoms with Crippen LogP contribution >= 0.6 is 0 Å². The van der Waals surface area contributed by atoms with E-state index in [2.05, 4.69) is 5.32 Å². The molecule has 2 aliphatic rings. The van der Waals surface area contributed by atoms with Crippen LogP contribution in [0.15, 0.2) is 36.4 Å². The maximum atomic E-state index is 12.6. The van der Waals surface area contributed by atoms with Crippen LogP contribution in [-0.4, -0.2) is 37.5 Å². The first-order chi connectivity index (χ1) is 12.7. The van der Waals surface area contributed by atoms with E-state index in [1.165, 1.54) is 0 Å². The van der Waals surface area contributed by atoms with Gasteiger partial charge in [0.15, 0.2) is 23.0 Å². The van der Waals surface area contributed by atoms with E-state index in [1.54, 1.807) is 23.1 Å². The first-order valence-electron chi connectivity index (χ1n) is 8.57. The van der Waals surface area contributed by atoms with Gasteiger partial charge in [-0.1, -0.05) is 6.07 Å². The Kier molecular flexibility index (Phi) is 4.43. The highest BCUT2D eigenvalue weighted by Crippen LogP contribution is 2.34. The summed E-state index contributed by atoms with van der Waals surface area (Å²) in [7, 11) is 0. The summed E-state index contributed by atoms with van der Waals surface area (Å²) in [6, 6.07) is 10.9. The number of fused-ring (bicyclic) bond motifs is 2. The second-order valence-electron chi connectivity index (χ2n) is 5.99. The second-order valence-corrected chi connectivity index (χ2v) is 5.99. The molecule has 2 amide bonds. The summed E-state index contributed by atoms with van der Waals surface area (Å²) in [6.45, 7) is 4.28. The molecule has 0 unspecified atom stereocenters. The molecule has 0 saturated carbocycles. The van der Waals surface area contributed by atoms with Gasteiger partial charge in [0.05, 0.1) is 0 Å². The zero-order chi connectivity index (χ0) is 17.9. The molecule has 0 atom stereocenters. The lowest BCUT2D eigenvalue weighted by molar-refractivity contribution is 0.171. The number of anilines is 1. The summed E-state index contributed by atoms with van der Waals surface area (Å²) < 4.78 is 21.8. The molecule has 0 bridgehead atoms.